The first-order chi connectivity index (χ1) is 9.23. The summed E-state index contributed by atoms with van der Waals surface area (Å²) >= 11 is 0. The van der Waals surface area contributed by atoms with Gasteiger partial charge in [-0.1, -0.05) is 12.1 Å². The average Bonchev–Trinajstić information content (AvgIpc) is 2.37. The lowest BCUT2D eigenvalue weighted by Crippen LogP contribution is -2.40. The molecule has 0 fully saturated rings. The smallest absolute Gasteiger partial charge is 0.240 e. The van der Waals surface area contributed by atoms with Gasteiger partial charge in [-0.05, 0) is 44.9 Å². The fourth-order valence-electron chi connectivity index (χ4n) is 1.91. The van der Waals surface area contributed by atoms with Gasteiger partial charge in [0.25, 0.3) is 0 Å². The molecule has 0 radical (unpaired) electrons. The standard InChI is InChI=1S/C14H23NO4S/c1-5-19-14(3,4)10-15-20(17,18)13-8-6-7-12(9-16)11(13)2/h6-8,15-16H,5,9-10H2,1-4H3. The van der Waals surface area contributed by atoms with Gasteiger partial charge in [0.1, 0.15) is 0 Å². The third-order valence-corrected chi connectivity index (χ3v) is 4.62. The van der Waals surface area contributed by atoms with E-state index in [2.05, 4.69) is 4.72 Å². The molecule has 0 aliphatic heterocycles. The molecular weight excluding hydrogens is 278 g/mol. The van der Waals surface area contributed by atoms with Gasteiger partial charge < -0.3 is 9.84 Å². The normalized spacial score (nSPS) is 12.7. The van der Waals surface area contributed by atoms with Crippen molar-refractivity contribution in [1.29, 1.82) is 0 Å². The fourth-order valence-corrected chi connectivity index (χ4v) is 3.40. The van der Waals surface area contributed by atoms with E-state index >= 15 is 0 Å². The number of hydrogen-bond acceptors (Lipinski definition) is 4. The van der Waals surface area contributed by atoms with Crippen LogP contribution in [0.3, 0.4) is 0 Å². The van der Waals surface area contributed by atoms with Crippen LogP contribution < -0.4 is 4.72 Å². The van der Waals surface area contributed by atoms with E-state index in [4.69, 9.17) is 4.74 Å². The van der Waals surface area contributed by atoms with E-state index in [1.54, 1.807) is 19.1 Å². The second-order valence-electron chi connectivity index (χ2n) is 5.22. The second-order valence-corrected chi connectivity index (χ2v) is 6.95. The second kappa shape index (κ2) is 6.67. The topological polar surface area (TPSA) is 75.6 Å². The average molecular weight is 301 g/mol. The van der Waals surface area contributed by atoms with Gasteiger partial charge in [0.15, 0.2) is 0 Å². The Morgan fingerprint density at radius 1 is 1.35 bits per heavy atom. The maximum absolute atomic E-state index is 12.3. The van der Waals surface area contributed by atoms with Crippen molar-refractivity contribution < 1.29 is 18.3 Å². The molecule has 0 saturated carbocycles. The number of aliphatic hydroxyl groups excluding tert-OH is 1. The van der Waals surface area contributed by atoms with Crippen molar-refractivity contribution in [2.75, 3.05) is 13.2 Å². The Labute approximate surface area is 121 Å². The van der Waals surface area contributed by atoms with E-state index in [-0.39, 0.29) is 18.0 Å². The predicted molar refractivity (Wildman–Crippen MR) is 78.0 cm³/mol. The van der Waals surface area contributed by atoms with Crippen LogP contribution >= 0.6 is 0 Å². The number of hydrogen-bond donors (Lipinski definition) is 2. The van der Waals surface area contributed by atoms with Crippen molar-refractivity contribution in [1.82, 2.24) is 4.72 Å². The minimum absolute atomic E-state index is 0.181. The fraction of sp³-hybridized carbons (Fsp3) is 0.571. The largest absolute Gasteiger partial charge is 0.392 e. The molecule has 20 heavy (non-hydrogen) atoms. The Hall–Kier alpha value is -0.950. The van der Waals surface area contributed by atoms with E-state index in [1.165, 1.54) is 6.07 Å². The molecule has 5 nitrogen and oxygen atoms in total. The van der Waals surface area contributed by atoms with Gasteiger partial charge in [0.2, 0.25) is 10.0 Å². The third-order valence-electron chi connectivity index (χ3n) is 3.08. The molecule has 0 aliphatic rings. The molecule has 0 unspecified atom stereocenters. The molecule has 114 valence electrons. The van der Waals surface area contributed by atoms with E-state index < -0.39 is 15.6 Å². The van der Waals surface area contributed by atoms with Gasteiger partial charge in [0.05, 0.1) is 17.1 Å². The molecule has 1 aromatic rings. The minimum Gasteiger partial charge on any atom is -0.392 e. The summed E-state index contributed by atoms with van der Waals surface area (Å²) in [5.41, 5.74) is 0.610. The summed E-state index contributed by atoms with van der Waals surface area (Å²) in [4.78, 5) is 0.191. The molecule has 0 aliphatic carbocycles. The van der Waals surface area contributed by atoms with Crippen LogP contribution in [-0.2, 0) is 21.4 Å². The van der Waals surface area contributed by atoms with E-state index in [1.807, 2.05) is 20.8 Å². The van der Waals surface area contributed by atoms with Crippen LogP contribution in [0.1, 0.15) is 31.9 Å². The van der Waals surface area contributed by atoms with Crippen LogP contribution in [0, 0.1) is 6.92 Å². The first-order valence-corrected chi connectivity index (χ1v) is 8.05. The number of aliphatic hydroxyl groups is 1. The summed E-state index contributed by atoms with van der Waals surface area (Å²) < 4.78 is 32.7. The summed E-state index contributed by atoms with van der Waals surface area (Å²) in [6.07, 6.45) is 0. The van der Waals surface area contributed by atoms with Gasteiger partial charge in [-0.25, -0.2) is 13.1 Å². The van der Waals surface area contributed by atoms with Crippen molar-refractivity contribution in [2.45, 2.75) is 44.8 Å². The van der Waals surface area contributed by atoms with Crippen molar-refractivity contribution in [3.8, 4) is 0 Å². The van der Waals surface area contributed by atoms with Crippen LogP contribution in [0.5, 0.6) is 0 Å². The van der Waals surface area contributed by atoms with Crippen LogP contribution in [0.4, 0.5) is 0 Å². The Morgan fingerprint density at radius 3 is 2.55 bits per heavy atom. The molecule has 1 aromatic carbocycles. The predicted octanol–water partition coefficient (Wildman–Crippen LogP) is 1.58. The van der Waals surface area contributed by atoms with Gasteiger partial charge in [-0.2, -0.15) is 0 Å². The van der Waals surface area contributed by atoms with Gasteiger partial charge >= 0.3 is 0 Å². The zero-order valence-electron chi connectivity index (χ0n) is 12.4. The third kappa shape index (κ3) is 4.28. The van der Waals surface area contributed by atoms with Crippen molar-refractivity contribution in [3.05, 3.63) is 29.3 Å². The lowest BCUT2D eigenvalue weighted by atomic mass is 10.1. The van der Waals surface area contributed by atoms with Crippen LogP contribution in [0.15, 0.2) is 23.1 Å². The lowest BCUT2D eigenvalue weighted by Gasteiger charge is -2.25. The number of sulfonamides is 1. The van der Waals surface area contributed by atoms with E-state index in [0.29, 0.717) is 17.7 Å². The Balaban J connectivity index is 2.95. The zero-order valence-corrected chi connectivity index (χ0v) is 13.3. The Morgan fingerprint density at radius 2 is 2.00 bits per heavy atom. The molecular formula is C14H23NO4S. The Kier molecular flexibility index (Phi) is 5.70. The summed E-state index contributed by atoms with van der Waals surface area (Å²) in [7, 11) is -3.62. The summed E-state index contributed by atoms with van der Waals surface area (Å²) in [6.45, 7) is 7.74. The van der Waals surface area contributed by atoms with Crippen LogP contribution in [0.2, 0.25) is 0 Å². The van der Waals surface area contributed by atoms with Crippen molar-refractivity contribution in [2.24, 2.45) is 0 Å². The zero-order chi connectivity index (χ0) is 15.4. The van der Waals surface area contributed by atoms with E-state index in [0.717, 1.165) is 0 Å². The molecule has 0 amide bonds. The highest BCUT2D eigenvalue weighted by atomic mass is 32.2. The number of benzene rings is 1. The molecule has 0 aromatic heterocycles. The lowest BCUT2D eigenvalue weighted by molar-refractivity contribution is -0.00515. The minimum atomic E-state index is -3.62. The molecule has 0 heterocycles. The quantitative estimate of drug-likeness (QED) is 0.802. The Bertz CT molecular complexity index is 552. The monoisotopic (exact) mass is 301 g/mol. The summed E-state index contributed by atoms with van der Waals surface area (Å²) in [6, 6.07) is 4.86. The molecule has 1 rings (SSSR count). The van der Waals surface area contributed by atoms with Crippen molar-refractivity contribution in [3.63, 3.8) is 0 Å². The molecule has 6 heteroatoms. The first-order valence-electron chi connectivity index (χ1n) is 6.56. The van der Waals surface area contributed by atoms with E-state index in [9.17, 15) is 13.5 Å². The molecule has 2 N–H and O–H groups in total. The number of rotatable bonds is 7. The highest BCUT2D eigenvalue weighted by Gasteiger charge is 2.24. The molecule has 0 spiro atoms. The van der Waals surface area contributed by atoms with Crippen LogP contribution in [0.25, 0.3) is 0 Å². The highest BCUT2D eigenvalue weighted by molar-refractivity contribution is 7.89. The molecule has 0 bridgehead atoms. The van der Waals surface area contributed by atoms with Gasteiger partial charge in [0, 0.05) is 13.2 Å². The number of nitrogens with one attached hydrogen (secondary N) is 1. The SMILES string of the molecule is CCOC(C)(C)CNS(=O)(=O)c1cccc(CO)c1C. The number of ether oxygens (including phenoxy) is 1. The first kappa shape index (κ1) is 17.1. The van der Waals surface area contributed by atoms with Gasteiger partial charge in [-0.15, -0.1) is 0 Å². The molecule has 0 atom stereocenters. The van der Waals surface area contributed by atoms with Crippen molar-refractivity contribution >= 4 is 10.0 Å². The van der Waals surface area contributed by atoms with Gasteiger partial charge in [-0.3, -0.25) is 0 Å². The highest BCUT2D eigenvalue weighted by Crippen LogP contribution is 2.19. The summed E-state index contributed by atoms with van der Waals surface area (Å²) in [5, 5.41) is 9.20. The van der Waals surface area contributed by atoms with Crippen LogP contribution in [-0.4, -0.2) is 32.3 Å². The maximum atomic E-state index is 12.3. The summed E-state index contributed by atoms with van der Waals surface area (Å²) in [5.74, 6) is 0. The maximum Gasteiger partial charge on any atom is 0.240 e. The molecule has 0 saturated heterocycles.